The summed E-state index contributed by atoms with van der Waals surface area (Å²) in [5.41, 5.74) is 0. The van der Waals surface area contributed by atoms with Crippen LogP contribution >= 0.6 is 0 Å². The number of hydrogen-bond donors (Lipinski definition) is 0. The van der Waals surface area contributed by atoms with Gasteiger partial charge in [0.15, 0.2) is 0 Å². The van der Waals surface area contributed by atoms with Crippen molar-refractivity contribution in [3.05, 3.63) is 0 Å². The molecule has 0 N–H and O–H groups in total. The molecule has 10 unspecified atom stereocenters. The van der Waals surface area contributed by atoms with E-state index < -0.39 is 0 Å². The summed E-state index contributed by atoms with van der Waals surface area (Å²) in [5, 5.41) is 0. The van der Waals surface area contributed by atoms with Gasteiger partial charge in [-0.1, -0.05) is 34.1 Å². The van der Waals surface area contributed by atoms with E-state index in [2.05, 4.69) is 27.7 Å². The van der Waals surface area contributed by atoms with Gasteiger partial charge in [0.1, 0.15) is 0 Å². The molecule has 96 valence electrons. The highest BCUT2D eigenvalue weighted by Gasteiger charge is 2.67. The highest BCUT2D eigenvalue weighted by atomic mass is 14.7. The van der Waals surface area contributed by atoms with Crippen LogP contribution in [0.2, 0.25) is 0 Å². The molecule has 0 aromatic carbocycles. The zero-order chi connectivity index (χ0) is 11.9. The van der Waals surface area contributed by atoms with Crippen molar-refractivity contribution < 1.29 is 0 Å². The van der Waals surface area contributed by atoms with Gasteiger partial charge in [0.2, 0.25) is 0 Å². The highest BCUT2D eigenvalue weighted by molar-refractivity contribution is 5.15. The maximum absolute atomic E-state index is 2.58. The molecule has 0 aromatic heterocycles. The van der Waals surface area contributed by atoms with Crippen molar-refractivity contribution in [2.75, 3.05) is 0 Å². The fraction of sp³-hybridized carbons (Fsp3) is 1.00. The Hall–Kier alpha value is 0. The molecule has 0 aliphatic heterocycles. The van der Waals surface area contributed by atoms with E-state index >= 15 is 0 Å². The largest absolute Gasteiger partial charge is 0.0651 e. The molecular weight excluding hydrogens is 204 g/mol. The standard InChI is InChI=1S/C17H28/c1-5-11-10(4)14-7-15(11)17-13-6-12(16(14)17)8(2)9(13)3/h8-17H,5-7H2,1-4H3. The maximum atomic E-state index is 2.58. The summed E-state index contributed by atoms with van der Waals surface area (Å²) < 4.78 is 0. The molecule has 0 aromatic rings. The van der Waals surface area contributed by atoms with E-state index in [1.807, 2.05) is 0 Å². The SMILES string of the molecule is CCC1C(C)C2CC1C1C3CC(C(C)C3C)C21. The zero-order valence-electron chi connectivity index (χ0n) is 11.9. The van der Waals surface area contributed by atoms with Gasteiger partial charge in [0.05, 0.1) is 0 Å². The minimum atomic E-state index is 1.04. The minimum Gasteiger partial charge on any atom is -0.0651 e. The van der Waals surface area contributed by atoms with Crippen LogP contribution < -0.4 is 0 Å². The van der Waals surface area contributed by atoms with Gasteiger partial charge in [-0.25, -0.2) is 0 Å². The van der Waals surface area contributed by atoms with Gasteiger partial charge in [-0.05, 0) is 72.0 Å². The lowest BCUT2D eigenvalue weighted by Crippen LogP contribution is -2.41. The number of hydrogen-bond acceptors (Lipinski definition) is 0. The first-order valence-electron chi connectivity index (χ1n) is 8.15. The molecule has 0 spiro atoms. The Morgan fingerprint density at radius 1 is 0.706 bits per heavy atom. The summed E-state index contributed by atoms with van der Waals surface area (Å²) in [6, 6.07) is 0. The first-order chi connectivity index (χ1) is 8.15. The van der Waals surface area contributed by atoms with Crippen LogP contribution in [-0.2, 0) is 0 Å². The van der Waals surface area contributed by atoms with Gasteiger partial charge in [-0.3, -0.25) is 0 Å². The molecule has 4 fully saturated rings. The summed E-state index contributed by atoms with van der Waals surface area (Å²) in [5.74, 6) is 11.0. The summed E-state index contributed by atoms with van der Waals surface area (Å²) >= 11 is 0. The Labute approximate surface area is 107 Å². The minimum absolute atomic E-state index is 1.04. The molecule has 0 radical (unpaired) electrons. The van der Waals surface area contributed by atoms with Crippen molar-refractivity contribution in [3.8, 4) is 0 Å². The van der Waals surface area contributed by atoms with Gasteiger partial charge in [-0.15, -0.1) is 0 Å². The quantitative estimate of drug-likeness (QED) is 0.586. The van der Waals surface area contributed by atoms with Crippen molar-refractivity contribution >= 4 is 0 Å². The van der Waals surface area contributed by atoms with E-state index in [1.165, 1.54) is 6.42 Å². The predicted molar refractivity (Wildman–Crippen MR) is 71.4 cm³/mol. The molecule has 17 heavy (non-hydrogen) atoms. The monoisotopic (exact) mass is 232 g/mol. The number of fused-ring (bicyclic) bond motifs is 9. The van der Waals surface area contributed by atoms with Gasteiger partial charge < -0.3 is 0 Å². The molecule has 4 aliphatic rings. The fourth-order valence-corrected chi connectivity index (χ4v) is 7.35. The van der Waals surface area contributed by atoms with E-state index in [9.17, 15) is 0 Å². The van der Waals surface area contributed by atoms with Crippen LogP contribution in [0.25, 0.3) is 0 Å². The van der Waals surface area contributed by atoms with E-state index in [0.717, 1.165) is 59.2 Å². The number of rotatable bonds is 1. The van der Waals surface area contributed by atoms with Crippen LogP contribution in [0.3, 0.4) is 0 Å². The average molecular weight is 232 g/mol. The van der Waals surface area contributed by atoms with Crippen LogP contribution in [0, 0.1) is 59.2 Å². The Morgan fingerprint density at radius 3 is 1.76 bits per heavy atom. The van der Waals surface area contributed by atoms with Crippen molar-refractivity contribution in [2.24, 2.45) is 59.2 Å². The second-order valence-corrected chi connectivity index (χ2v) is 7.93. The lowest BCUT2D eigenvalue weighted by atomic mass is 9.59. The third-order valence-electron chi connectivity index (χ3n) is 8.06. The Bertz CT molecular complexity index is 333. The maximum Gasteiger partial charge on any atom is -0.0318 e. The molecule has 4 bridgehead atoms. The van der Waals surface area contributed by atoms with E-state index in [-0.39, 0.29) is 0 Å². The molecule has 0 heterocycles. The fourth-order valence-electron chi connectivity index (χ4n) is 7.35. The summed E-state index contributed by atoms with van der Waals surface area (Å²) in [6.07, 6.45) is 4.67. The molecule has 4 saturated carbocycles. The van der Waals surface area contributed by atoms with Gasteiger partial charge >= 0.3 is 0 Å². The highest BCUT2D eigenvalue weighted by Crippen LogP contribution is 2.72. The van der Waals surface area contributed by atoms with Crippen molar-refractivity contribution in [3.63, 3.8) is 0 Å². The zero-order valence-corrected chi connectivity index (χ0v) is 11.9. The van der Waals surface area contributed by atoms with E-state index in [1.54, 1.807) is 12.8 Å². The van der Waals surface area contributed by atoms with Crippen LogP contribution in [0.15, 0.2) is 0 Å². The molecule has 0 heteroatoms. The Kier molecular flexibility index (Phi) is 2.12. The van der Waals surface area contributed by atoms with Crippen LogP contribution in [0.1, 0.15) is 47.0 Å². The van der Waals surface area contributed by atoms with Crippen LogP contribution in [0.4, 0.5) is 0 Å². The summed E-state index contributed by atoms with van der Waals surface area (Å²) in [6.45, 7) is 10.1. The van der Waals surface area contributed by atoms with Gasteiger partial charge in [0.25, 0.3) is 0 Å². The molecule has 0 amide bonds. The van der Waals surface area contributed by atoms with Gasteiger partial charge in [0, 0.05) is 0 Å². The summed E-state index contributed by atoms with van der Waals surface area (Å²) in [4.78, 5) is 0. The third kappa shape index (κ3) is 1.08. The second kappa shape index (κ2) is 3.31. The Balaban J connectivity index is 1.70. The van der Waals surface area contributed by atoms with Crippen LogP contribution in [-0.4, -0.2) is 0 Å². The first kappa shape index (κ1) is 10.9. The van der Waals surface area contributed by atoms with Crippen molar-refractivity contribution in [1.82, 2.24) is 0 Å². The average Bonchev–Trinajstić information content (AvgIpc) is 2.98. The van der Waals surface area contributed by atoms with Crippen molar-refractivity contribution in [1.29, 1.82) is 0 Å². The molecular formula is C17H28. The third-order valence-corrected chi connectivity index (χ3v) is 8.06. The molecule has 0 nitrogen and oxygen atoms in total. The Morgan fingerprint density at radius 2 is 1.18 bits per heavy atom. The predicted octanol–water partition coefficient (Wildman–Crippen LogP) is 4.45. The summed E-state index contributed by atoms with van der Waals surface area (Å²) in [7, 11) is 0. The van der Waals surface area contributed by atoms with Crippen LogP contribution in [0.5, 0.6) is 0 Å². The normalized spacial score (nSPS) is 67.8. The second-order valence-electron chi connectivity index (χ2n) is 7.93. The topological polar surface area (TPSA) is 0 Å². The lowest BCUT2D eigenvalue weighted by Gasteiger charge is -2.46. The molecule has 10 atom stereocenters. The molecule has 4 aliphatic carbocycles. The van der Waals surface area contributed by atoms with E-state index in [0.29, 0.717) is 0 Å². The van der Waals surface area contributed by atoms with Crippen molar-refractivity contribution in [2.45, 2.75) is 47.0 Å². The van der Waals surface area contributed by atoms with Gasteiger partial charge in [-0.2, -0.15) is 0 Å². The first-order valence-corrected chi connectivity index (χ1v) is 8.15. The van der Waals surface area contributed by atoms with E-state index in [4.69, 9.17) is 0 Å². The molecule has 4 rings (SSSR count). The smallest absolute Gasteiger partial charge is 0.0318 e. The molecule has 0 saturated heterocycles. The lowest BCUT2D eigenvalue weighted by molar-refractivity contribution is 0.0174.